The largest absolute Gasteiger partial charge is 0.388 e. The first-order chi connectivity index (χ1) is 14.3. The van der Waals surface area contributed by atoms with E-state index in [1.54, 1.807) is 5.57 Å². The van der Waals surface area contributed by atoms with Gasteiger partial charge in [0.05, 0.1) is 12.2 Å². The van der Waals surface area contributed by atoms with Gasteiger partial charge in [0.1, 0.15) is 5.78 Å². The van der Waals surface area contributed by atoms with E-state index >= 15 is 0 Å². The zero-order valence-electron chi connectivity index (χ0n) is 19.3. The van der Waals surface area contributed by atoms with E-state index < -0.39 is 12.2 Å². The Labute approximate surface area is 183 Å². The quantitative estimate of drug-likeness (QED) is 0.509. The molecule has 0 spiro atoms. The minimum atomic E-state index is -0.623. The zero-order chi connectivity index (χ0) is 21.9. The fourth-order valence-electron chi connectivity index (χ4n) is 6.63. The second-order valence-electron chi connectivity index (χ2n) is 10.5. The molecule has 0 radical (unpaired) electrons. The number of ketones is 1. The Morgan fingerprint density at radius 3 is 2.57 bits per heavy atom. The molecule has 0 unspecified atom stereocenters. The molecule has 3 nitrogen and oxygen atoms in total. The van der Waals surface area contributed by atoms with Crippen molar-refractivity contribution in [1.29, 1.82) is 0 Å². The molecule has 0 saturated heterocycles. The van der Waals surface area contributed by atoms with Crippen molar-refractivity contribution in [2.24, 2.45) is 23.2 Å². The summed E-state index contributed by atoms with van der Waals surface area (Å²) in [6, 6.07) is 0. The molecule has 168 valence electrons. The van der Waals surface area contributed by atoms with Crippen LogP contribution in [0.4, 0.5) is 0 Å². The summed E-state index contributed by atoms with van der Waals surface area (Å²) in [5.41, 5.74) is 3.58. The lowest BCUT2D eigenvalue weighted by molar-refractivity contribution is -0.119. The van der Waals surface area contributed by atoms with Crippen molar-refractivity contribution in [1.82, 2.24) is 0 Å². The Bertz CT molecular complexity index is 687. The van der Waals surface area contributed by atoms with Gasteiger partial charge in [-0.1, -0.05) is 50.6 Å². The van der Waals surface area contributed by atoms with Crippen LogP contribution in [0.3, 0.4) is 0 Å². The smallest absolute Gasteiger partial charge is 0.132 e. The molecule has 3 saturated carbocycles. The van der Waals surface area contributed by atoms with Crippen LogP contribution in [-0.2, 0) is 4.79 Å². The second-order valence-corrected chi connectivity index (χ2v) is 10.5. The van der Waals surface area contributed by atoms with Gasteiger partial charge in [0.2, 0.25) is 0 Å². The average molecular weight is 415 g/mol. The third-order valence-electron chi connectivity index (χ3n) is 8.43. The molecule has 0 heterocycles. The van der Waals surface area contributed by atoms with Gasteiger partial charge in [0.15, 0.2) is 0 Å². The van der Waals surface area contributed by atoms with Crippen molar-refractivity contribution in [3.8, 4) is 0 Å². The third kappa shape index (κ3) is 4.99. The Morgan fingerprint density at radius 1 is 1.20 bits per heavy atom. The fourth-order valence-corrected chi connectivity index (χ4v) is 6.63. The van der Waals surface area contributed by atoms with Crippen molar-refractivity contribution >= 4 is 5.78 Å². The third-order valence-corrected chi connectivity index (χ3v) is 8.43. The molecule has 3 aliphatic rings. The molecule has 0 aromatic carbocycles. The molecule has 3 heteroatoms. The predicted octanol–water partition coefficient (Wildman–Crippen LogP) is 5.91. The number of aliphatic hydroxyl groups is 2. The number of Topliss-reactive ketones (excluding diaryl/α,β-unsaturated/α-hetero) is 1. The number of hydrogen-bond donors (Lipinski definition) is 2. The van der Waals surface area contributed by atoms with Crippen LogP contribution in [0.2, 0.25) is 0 Å². The summed E-state index contributed by atoms with van der Waals surface area (Å²) in [6.45, 7) is 10.8. The van der Waals surface area contributed by atoms with E-state index in [2.05, 4.69) is 39.5 Å². The summed E-state index contributed by atoms with van der Waals surface area (Å²) in [4.78, 5) is 12.0. The molecule has 0 aliphatic heterocycles. The number of rotatable bonds is 7. The summed E-state index contributed by atoms with van der Waals surface area (Å²) in [6.07, 6.45) is 14.1. The molecule has 0 aromatic rings. The lowest BCUT2D eigenvalue weighted by Gasteiger charge is -2.44. The van der Waals surface area contributed by atoms with Crippen molar-refractivity contribution < 1.29 is 15.0 Å². The first-order valence-electron chi connectivity index (χ1n) is 12.2. The molecule has 3 rings (SSSR count). The molecule has 30 heavy (non-hydrogen) atoms. The normalized spacial score (nSPS) is 36.6. The van der Waals surface area contributed by atoms with E-state index in [4.69, 9.17) is 0 Å². The number of aliphatic hydroxyl groups excluding tert-OH is 2. The van der Waals surface area contributed by atoms with Crippen LogP contribution in [0, 0.1) is 23.2 Å². The van der Waals surface area contributed by atoms with Gasteiger partial charge in [-0.15, -0.1) is 0 Å². The van der Waals surface area contributed by atoms with Gasteiger partial charge in [0.25, 0.3) is 0 Å². The molecule has 0 aromatic heterocycles. The number of carbonyl (C=O) groups is 1. The topological polar surface area (TPSA) is 57.5 Å². The van der Waals surface area contributed by atoms with Crippen molar-refractivity contribution in [3.05, 3.63) is 35.5 Å². The maximum absolute atomic E-state index is 12.0. The summed E-state index contributed by atoms with van der Waals surface area (Å²) in [5.74, 6) is 2.37. The molecule has 3 fully saturated rings. The Morgan fingerprint density at radius 2 is 1.90 bits per heavy atom. The highest BCUT2D eigenvalue weighted by molar-refractivity contribution is 5.78. The number of allylic oxidation sites excluding steroid dienone is 3. The SMILES string of the molecule is C=C1[C@H](O)CC(=C/C=C2\CCC[C@]3(C)[C@@H]([C@H](C)CCC(=O)CCC)CC[C@@H]23)C[C@H]1O. The Kier molecular flexibility index (Phi) is 7.79. The van der Waals surface area contributed by atoms with Crippen LogP contribution < -0.4 is 0 Å². The van der Waals surface area contributed by atoms with Crippen LogP contribution in [-0.4, -0.2) is 28.2 Å². The summed E-state index contributed by atoms with van der Waals surface area (Å²) >= 11 is 0. The highest BCUT2D eigenvalue weighted by atomic mass is 16.3. The monoisotopic (exact) mass is 414 g/mol. The number of hydrogen-bond acceptors (Lipinski definition) is 3. The zero-order valence-corrected chi connectivity index (χ0v) is 19.3. The average Bonchev–Trinajstić information content (AvgIpc) is 3.06. The molecule has 0 bridgehead atoms. The van der Waals surface area contributed by atoms with Crippen LogP contribution in [0.15, 0.2) is 35.5 Å². The molecular formula is C27H42O3. The maximum Gasteiger partial charge on any atom is 0.132 e. The van der Waals surface area contributed by atoms with Gasteiger partial charge in [-0.05, 0) is 86.5 Å². The standard InChI is InChI=1S/C27H42O3/c1-5-7-22(28)12-9-18(2)23-13-14-24-21(8-6-15-27(23,24)4)11-10-20-16-25(29)19(3)26(30)17-20/h10-11,18,23-26,29-30H,3,5-9,12-17H2,1-2,4H3/b21-11+/t18-,23-,24+,25-,26-,27-/m1/s1. The first-order valence-corrected chi connectivity index (χ1v) is 12.2. The predicted molar refractivity (Wildman–Crippen MR) is 123 cm³/mol. The molecule has 3 aliphatic carbocycles. The summed E-state index contributed by atoms with van der Waals surface area (Å²) < 4.78 is 0. The van der Waals surface area contributed by atoms with Crippen LogP contribution in [0.25, 0.3) is 0 Å². The van der Waals surface area contributed by atoms with Gasteiger partial charge in [0, 0.05) is 12.8 Å². The van der Waals surface area contributed by atoms with E-state index in [9.17, 15) is 15.0 Å². The molecule has 2 N–H and O–H groups in total. The molecule has 0 amide bonds. The van der Waals surface area contributed by atoms with E-state index in [-0.39, 0.29) is 0 Å². The van der Waals surface area contributed by atoms with Crippen molar-refractivity contribution in [2.75, 3.05) is 0 Å². The minimum Gasteiger partial charge on any atom is -0.388 e. The van der Waals surface area contributed by atoms with E-state index in [0.717, 1.165) is 37.7 Å². The lowest BCUT2D eigenvalue weighted by Crippen LogP contribution is -2.36. The lowest BCUT2D eigenvalue weighted by atomic mass is 9.60. The summed E-state index contributed by atoms with van der Waals surface area (Å²) in [7, 11) is 0. The van der Waals surface area contributed by atoms with Crippen molar-refractivity contribution in [3.63, 3.8) is 0 Å². The molecular weight excluding hydrogens is 372 g/mol. The van der Waals surface area contributed by atoms with E-state index in [1.165, 1.54) is 25.7 Å². The van der Waals surface area contributed by atoms with Crippen LogP contribution in [0.5, 0.6) is 0 Å². The van der Waals surface area contributed by atoms with Gasteiger partial charge < -0.3 is 10.2 Å². The maximum atomic E-state index is 12.0. The van der Waals surface area contributed by atoms with E-state index in [0.29, 0.717) is 47.4 Å². The second kappa shape index (κ2) is 9.96. The highest BCUT2D eigenvalue weighted by Crippen LogP contribution is 2.59. The summed E-state index contributed by atoms with van der Waals surface area (Å²) in [5, 5.41) is 20.2. The number of fused-ring (bicyclic) bond motifs is 1. The Hall–Kier alpha value is -1.19. The minimum absolute atomic E-state index is 0.343. The van der Waals surface area contributed by atoms with Crippen molar-refractivity contribution in [2.45, 2.75) is 104 Å². The van der Waals surface area contributed by atoms with Gasteiger partial charge in [-0.25, -0.2) is 0 Å². The van der Waals surface area contributed by atoms with Crippen LogP contribution >= 0.6 is 0 Å². The van der Waals surface area contributed by atoms with Crippen LogP contribution in [0.1, 0.15) is 91.4 Å². The molecule has 6 atom stereocenters. The number of carbonyl (C=O) groups excluding carboxylic acids is 1. The van der Waals surface area contributed by atoms with Gasteiger partial charge in [-0.3, -0.25) is 4.79 Å². The fraction of sp³-hybridized carbons (Fsp3) is 0.741. The van der Waals surface area contributed by atoms with E-state index in [1.807, 2.05) is 0 Å². The van der Waals surface area contributed by atoms with Gasteiger partial charge >= 0.3 is 0 Å². The highest BCUT2D eigenvalue weighted by Gasteiger charge is 2.50. The first kappa shape index (κ1) is 23.5. The van der Waals surface area contributed by atoms with Gasteiger partial charge in [-0.2, -0.15) is 0 Å². The Balaban J connectivity index is 1.68.